The summed E-state index contributed by atoms with van der Waals surface area (Å²) in [5.74, 6) is -0.777. The number of aromatic nitrogens is 4. The molecule has 684 valence electrons. The molecule has 1 aliphatic carbocycles. The Morgan fingerprint density at radius 1 is 0.350 bits per heavy atom. The van der Waals surface area contributed by atoms with Crippen LogP contribution in [-0.4, -0.2) is 70.3 Å². The summed E-state index contributed by atoms with van der Waals surface area (Å²) in [7, 11) is 0. The van der Waals surface area contributed by atoms with E-state index in [1.54, 1.807) is 58.3 Å². The SMILES string of the molecule is Cc1c(-c2cc(C(=O)O)c3c(O[C@H]4CCC[C@H](c5ccccc5)C4)ccc(C)c3n2)oc2ccccc12.Cc1cccc(C)c1COc1ccc(C)c2nc(-c3sc4ccccc4c3C)cc(C(=O)O)c12.Cc1cccc(COc2ccc(C)c3nc(-c4sc5ccccc5c4C)cc(C(=O)O)c23)c1.Cc1ccccc1COc1ccc(C)c2nc(-c3sc4ccccc4c3C)cc(C(=O)O)c12. The summed E-state index contributed by atoms with van der Waals surface area (Å²) < 4.78 is 34.7. The van der Waals surface area contributed by atoms with Gasteiger partial charge in [0.25, 0.3) is 0 Å². The van der Waals surface area contributed by atoms with Gasteiger partial charge in [-0.3, -0.25) is 0 Å². The van der Waals surface area contributed by atoms with E-state index in [1.807, 2.05) is 212 Å². The van der Waals surface area contributed by atoms with Gasteiger partial charge in [-0.1, -0.05) is 200 Å². The number of nitrogens with zero attached hydrogens (tertiary/aromatic N) is 4. The molecule has 0 bridgehead atoms. The maximum absolute atomic E-state index is 12.5. The molecule has 0 radical (unpaired) electrons. The van der Waals surface area contributed by atoms with Crippen LogP contribution in [0.4, 0.5) is 0 Å². The molecule has 0 saturated heterocycles. The predicted molar refractivity (Wildman–Crippen MR) is 554 cm³/mol. The maximum Gasteiger partial charge on any atom is 0.336 e. The van der Waals surface area contributed by atoms with Crippen molar-refractivity contribution in [3.63, 3.8) is 0 Å². The first kappa shape index (κ1) is 92.2. The van der Waals surface area contributed by atoms with Gasteiger partial charge in [-0.15, -0.1) is 34.0 Å². The van der Waals surface area contributed by atoms with E-state index < -0.39 is 23.9 Å². The second kappa shape index (κ2) is 39.4. The highest BCUT2D eigenvalue weighted by atomic mass is 32.1. The van der Waals surface area contributed by atoms with Crippen LogP contribution >= 0.6 is 34.0 Å². The second-order valence-electron chi connectivity index (χ2n) is 35.2. The van der Waals surface area contributed by atoms with Crippen LogP contribution in [0.1, 0.15) is 162 Å². The minimum absolute atomic E-state index is 0.0174. The number of para-hydroxylation sites is 1. The smallest absolute Gasteiger partial charge is 0.336 e. The molecule has 12 aromatic carbocycles. The number of ether oxygens (including phenoxy) is 4. The first-order chi connectivity index (χ1) is 66.2. The van der Waals surface area contributed by atoms with Crippen molar-refractivity contribution in [3.05, 3.63) is 378 Å². The van der Waals surface area contributed by atoms with E-state index in [-0.39, 0.29) is 28.4 Å². The molecule has 137 heavy (non-hydrogen) atoms. The third-order valence-corrected chi connectivity index (χ3v) is 29.9. The molecule has 1 fully saturated rings. The Labute approximate surface area is 805 Å². The molecule has 1 aliphatic rings. The Morgan fingerprint density at radius 3 is 1.19 bits per heavy atom. The molecular weight excluding hydrogens is 1770 g/mol. The van der Waals surface area contributed by atoms with Crippen LogP contribution < -0.4 is 18.9 Å². The van der Waals surface area contributed by atoms with Gasteiger partial charge in [-0.2, -0.15) is 0 Å². The zero-order chi connectivity index (χ0) is 95.7. The number of carbonyl (C=O) groups is 4. The molecule has 20 aromatic rings. The van der Waals surface area contributed by atoms with E-state index in [2.05, 4.69) is 113 Å². The number of pyridine rings is 4. The highest BCUT2D eigenvalue weighted by Gasteiger charge is 2.31. The van der Waals surface area contributed by atoms with E-state index in [0.717, 1.165) is 149 Å². The van der Waals surface area contributed by atoms with Gasteiger partial charge in [0.1, 0.15) is 54.1 Å². The monoisotopic (exact) mass is 1860 g/mol. The molecule has 1 saturated carbocycles. The fourth-order valence-electron chi connectivity index (χ4n) is 18.6. The molecule has 17 nitrogen and oxygen atoms in total. The Kier molecular flexibility index (Phi) is 26.5. The molecule has 0 unspecified atom stereocenters. The van der Waals surface area contributed by atoms with Crippen molar-refractivity contribution in [3.8, 4) is 66.2 Å². The topological polar surface area (TPSA) is 251 Å². The van der Waals surface area contributed by atoms with Crippen molar-refractivity contribution in [1.29, 1.82) is 0 Å². The lowest BCUT2D eigenvalue weighted by atomic mass is 9.82. The summed E-state index contributed by atoms with van der Waals surface area (Å²) >= 11 is 4.92. The van der Waals surface area contributed by atoms with Gasteiger partial charge in [-0.25, -0.2) is 39.1 Å². The normalized spacial score (nSPS) is 13.0. The predicted octanol–water partition coefficient (Wildman–Crippen LogP) is 30.3. The third-order valence-electron chi connectivity index (χ3n) is 26.1. The standard InChI is InChI=1S/C32H29NO4.C29H25NO3S.2C28H23NO3S/c1-19-15-16-28(36-23-12-8-11-22(17-23)21-9-4-3-5-10-21)29-25(32(34)35)18-26(33-30(19)29)31-20(2)24-13-6-7-14-27(24)37-31;1-16-8-7-9-17(2)22(16)15-33-24-13-12-18(3)27-26(24)21(29(31)32)14-23(30-27)28-19(4)20-10-5-6-11-25(20)34-28;1-16-7-6-8-19(13-16)15-32-23-12-11-17(2)26-25(23)21(28(30)31)14-22(29-26)27-18(3)20-9-4-5-10-24(20)33-27;1-16-8-4-5-9-19(16)15-32-23-13-12-17(2)26-25(23)21(28(30)31)14-22(29-26)27-18(3)20-10-6-7-11-24(20)33-27/h3-7,9-10,13-16,18,22-23H,8,11-12,17H2,1-2H3,(H,34,35);5-14H,15H2,1-4H3,(H,31,32);2*4-14H,15H2,1-3H3,(H,30,31)/t22-,23-;;;/m0.../s1. The van der Waals surface area contributed by atoms with E-state index in [4.69, 9.17) is 43.3 Å². The molecule has 0 spiro atoms. The van der Waals surface area contributed by atoms with E-state index in [9.17, 15) is 39.6 Å². The fraction of sp³-hybridized carbons (Fsp3) is 0.179. The van der Waals surface area contributed by atoms with E-state index >= 15 is 0 Å². The van der Waals surface area contributed by atoms with Crippen LogP contribution in [0.25, 0.3) is 128 Å². The number of thiophene rings is 3. The van der Waals surface area contributed by atoms with Crippen molar-refractivity contribution >= 4 is 143 Å². The minimum Gasteiger partial charge on any atom is -0.490 e. The number of hydrogen-bond donors (Lipinski definition) is 4. The van der Waals surface area contributed by atoms with Crippen LogP contribution in [0.15, 0.2) is 271 Å². The van der Waals surface area contributed by atoms with Crippen molar-refractivity contribution in [1.82, 2.24) is 19.9 Å². The molecular formula is C117H100N4O13S3. The van der Waals surface area contributed by atoms with Gasteiger partial charge in [0.2, 0.25) is 0 Å². The van der Waals surface area contributed by atoms with Crippen molar-refractivity contribution in [2.75, 3.05) is 0 Å². The largest absolute Gasteiger partial charge is 0.490 e. The Balaban J connectivity index is 0.000000122. The van der Waals surface area contributed by atoms with Crippen molar-refractivity contribution in [2.45, 2.75) is 141 Å². The number of fused-ring (bicyclic) bond motifs is 8. The first-order valence-electron chi connectivity index (χ1n) is 45.6. The summed E-state index contributed by atoms with van der Waals surface area (Å²) in [6.07, 6.45) is 4.09. The van der Waals surface area contributed by atoms with Crippen molar-refractivity contribution in [2.24, 2.45) is 0 Å². The van der Waals surface area contributed by atoms with Gasteiger partial charge >= 0.3 is 23.9 Å². The summed E-state index contributed by atoms with van der Waals surface area (Å²) in [6.45, 7) is 25.3. The van der Waals surface area contributed by atoms with Gasteiger partial charge in [0.15, 0.2) is 5.76 Å². The second-order valence-corrected chi connectivity index (χ2v) is 38.4. The Bertz CT molecular complexity index is 8150. The number of aromatic carboxylic acids is 4. The zero-order valence-electron chi connectivity index (χ0n) is 78.0. The maximum atomic E-state index is 12.5. The number of carboxylic acids is 4. The van der Waals surface area contributed by atoms with Crippen LogP contribution in [0.5, 0.6) is 23.0 Å². The lowest BCUT2D eigenvalue weighted by Gasteiger charge is -2.30. The zero-order valence-corrected chi connectivity index (χ0v) is 80.4. The molecule has 2 atom stereocenters. The number of rotatable bonds is 20. The molecule has 4 N–H and O–H groups in total. The van der Waals surface area contributed by atoms with Crippen molar-refractivity contribution < 1.29 is 63.0 Å². The summed E-state index contributed by atoms with van der Waals surface area (Å²) in [5.41, 5.74) is 23.7. The number of aryl methyl sites for hydroxylation is 12. The van der Waals surface area contributed by atoms with E-state index in [0.29, 0.717) is 121 Å². The number of furan rings is 1. The summed E-state index contributed by atoms with van der Waals surface area (Å²) in [6, 6.07) is 87.1. The molecule has 8 heterocycles. The lowest BCUT2D eigenvalue weighted by Crippen LogP contribution is -2.24. The van der Waals surface area contributed by atoms with E-state index in [1.165, 1.54) is 21.7 Å². The molecule has 0 aliphatic heterocycles. The van der Waals surface area contributed by atoms with Crippen LogP contribution in [-0.2, 0) is 19.8 Å². The van der Waals surface area contributed by atoms with Crippen LogP contribution in [0.2, 0.25) is 0 Å². The summed E-state index contributed by atoms with van der Waals surface area (Å²) in [4.78, 5) is 72.4. The molecule has 0 amide bonds. The number of carboxylic acid groups (broad SMARTS) is 4. The lowest BCUT2D eigenvalue weighted by molar-refractivity contribution is 0.0687. The summed E-state index contributed by atoms with van der Waals surface area (Å²) in [5, 5.41) is 47.4. The minimum atomic E-state index is -1.01. The average molecular weight is 1870 g/mol. The number of hydrogen-bond acceptors (Lipinski definition) is 16. The third kappa shape index (κ3) is 18.8. The van der Waals surface area contributed by atoms with Crippen LogP contribution in [0.3, 0.4) is 0 Å². The Hall–Kier alpha value is -15.2. The number of benzene rings is 12. The van der Waals surface area contributed by atoms with Gasteiger partial charge < -0.3 is 43.8 Å². The highest BCUT2D eigenvalue weighted by Crippen LogP contribution is 2.47. The van der Waals surface area contributed by atoms with Gasteiger partial charge in [0, 0.05) is 25.0 Å². The molecule has 20 heteroatoms. The van der Waals surface area contributed by atoms with Gasteiger partial charge in [0.05, 0.1) is 104 Å². The Morgan fingerprint density at radius 2 is 0.737 bits per heavy atom. The quantitative estimate of drug-likeness (QED) is 0.0553. The molecule has 21 rings (SSSR count). The van der Waals surface area contributed by atoms with Crippen LogP contribution in [0, 0.1) is 83.1 Å². The average Bonchev–Trinajstić information content (AvgIpc) is 1.74. The highest BCUT2D eigenvalue weighted by molar-refractivity contribution is 7.23. The van der Waals surface area contributed by atoms with Gasteiger partial charge in [-0.05, 0) is 282 Å². The molecule has 8 aromatic heterocycles. The fourth-order valence-corrected chi connectivity index (χ4v) is 22.1. The first-order valence-corrected chi connectivity index (χ1v) is 48.0.